The molecular weight excluding hydrogens is 420 g/mol. The van der Waals surface area contributed by atoms with E-state index in [0.29, 0.717) is 25.1 Å². The molecule has 0 aromatic rings. The number of hydrogen-bond acceptors (Lipinski definition) is 4. The second-order valence-corrected chi connectivity index (χ2v) is 8.20. The highest BCUT2D eigenvalue weighted by atomic mass is 79.9. The minimum Gasteiger partial charge on any atom is -0.442 e. The van der Waals surface area contributed by atoms with Crippen molar-refractivity contribution in [3.63, 3.8) is 0 Å². The van der Waals surface area contributed by atoms with E-state index in [1.807, 2.05) is 31.0 Å². The van der Waals surface area contributed by atoms with Crippen molar-refractivity contribution in [3.8, 4) is 0 Å². The Morgan fingerprint density at radius 1 is 1.11 bits per heavy atom. The number of allylic oxidation sites excluding steroid dienone is 2. The van der Waals surface area contributed by atoms with Gasteiger partial charge in [0, 0.05) is 23.6 Å². The summed E-state index contributed by atoms with van der Waals surface area (Å²) in [5, 5.41) is 2.81. The molecule has 0 aromatic heterocycles. The highest BCUT2D eigenvalue weighted by Gasteiger charge is 2.23. The molecule has 28 heavy (non-hydrogen) atoms. The monoisotopic (exact) mass is 456 g/mol. The summed E-state index contributed by atoms with van der Waals surface area (Å²) in [5.74, 6) is -0.269. The Bertz CT molecular complexity index is 546. The van der Waals surface area contributed by atoms with Gasteiger partial charge < -0.3 is 15.0 Å². The minimum atomic E-state index is -0.396. The van der Waals surface area contributed by atoms with Crippen molar-refractivity contribution in [2.75, 3.05) is 13.1 Å². The van der Waals surface area contributed by atoms with Gasteiger partial charge in [-0.05, 0) is 26.3 Å². The van der Waals surface area contributed by atoms with Gasteiger partial charge in [0.15, 0.2) is 6.23 Å². The Balaban J connectivity index is 2.23. The highest BCUT2D eigenvalue weighted by molar-refractivity contribution is 9.12. The summed E-state index contributed by atoms with van der Waals surface area (Å²) in [6.45, 7) is 6.96. The van der Waals surface area contributed by atoms with Crippen LogP contribution in [0.4, 0.5) is 0 Å². The number of esters is 1. The maximum absolute atomic E-state index is 12.1. The number of hydrogen-bond donors (Lipinski definition) is 1. The molecular formula is C22H37BrN2O3. The maximum Gasteiger partial charge on any atom is 0.307 e. The Morgan fingerprint density at radius 2 is 1.71 bits per heavy atom. The van der Waals surface area contributed by atoms with Crippen molar-refractivity contribution in [1.82, 2.24) is 10.2 Å². The van der Waals surface area contributed by atoms with E-state index in [1.165, 1.54) is 44.9 Å². The lowest BCUT2D eigenvalue weighted by Gasteiger charge is -2.30. The summed E-state index contributed by atoms with van der Waals surface area (Å²) in [4.78, 5) is 26.1. The van der Waals surface area contributed by atoms with Crippen LogP contribution >= 0.6 is 15.9 Å². The number of amides is 1. The zero-order valence-corrected chi connectivity index (χ0v) is 19.4. The van der Waals surface area contributed by atoms with E-state index in [2.05, 4.69) is 28.2 Å². The van der Waals surface area contributed by atoms with E-state index in [0.717, 1.165) is 17.3 Å². The smallest absolute Gasteiger partial charge is 0.307 e. The van der Waals surface area contributed by atoms with Crippen LogP contribution in [-0.4, -0.2) is 36.1 Å². The van der Waals surface area contributed by atoms with Gasteiger partial charge in [0.1, 0.15) is 0 Å². The number of rotatable bonds is 14. The maximum atomic E-state index is 12.1. The van der Waals surface area contributed by atoms with Crippen LogP contribution in [0.1, 0.15) is 85.0 Å². The number of halogens is 1. The fraction of sp³-hybridized carbons (Fsp3) is 0.727. The van der Waals surface area contributed by atoms with E-state index in [-0.39, 0.29) is 11.9 Å². The summed E-state index contributed by atoms with van der Waals surface area (Å²) in [6.07, 6.45) is 14.8. The van der Waals surface area contributed by atoms with Gasteiger partial charge in [-0.15, -0.1) is 0 Å². The Hall–Kier alpha value is -1.30. The van der Waals surface area contributed by atoms with E-state index in [9.17, 15) is 9.59 Å². The fourth-order valence-corrected chi connectivity index (χ4v) is 3.59. The molecule has 0 saturated carbocycles. The number of likely N-dealkylation sites (N-methyl/N-ethyl adjacent to an activating group) is 1. The van der Waals surface area contributed by atoms with Crippen molar-refractivity contribution in [2.45, 2.75) is 91.2 Å². The molecule has 0 radical (unpaired) electrons. The molecule has 1 rings (SSSR count). The molecule has 6 heteroatoms. The normalized spacial score (nSPS) is 14.9. The van der Waals surface area contributed by atoms with Gasteiger partial charge in [0.25, 0.3) is 0 Å². The van der Waals surface area contributed by atoms with Gasteiger partial charge in [0.2, 0.25) is 5.91 Å². The predicted molar refractivity (Wildman–Crippen MR) is 118 cm³/mol. The van der Waals surface area contributed by atoms with Crippen LogP contribution in [0.2, 0.25) is 0 Å². The van der Waals surface area contributed by atoms with Crippen molar-refractivity contribution in [1.29, 1.82) is 0 Å². The largest absolute Gasteiger partial charge is 0.442 e. The molecule has 1 heterocycles. The first-order valence-electron chi connectivity index (χ1n) is 10.8. The van der Waals surface area contributed by atoms with Gasteiger partial charge in [-0.1, -0.05) is 74.2 Å². The van der Waals surface area contributed by atoms with Gasteiger partial charge in [0.05, 0.1) is 12.1 Å². The first-order valence-corrected chi connectivity index (χ1v) is 11.6. The zero-order chi connectivity index (χ0) is 20.8. The minimum absolute atomic E-state index is 0.100. The van der Waals surface area contributed by atoms with Crippen LogP contribution in [0.3, 0.4) is 0 Å². The van der Waals surface area contributed by atoms with Gasteiger partial charge >= 0.3 is 5.97 Å². The summed E-state index contributed by atoms with van der Waals surface area (Å²) in [7, 11) is 0. The fourth-order valence-electron chi connectivity index (χ4n) is 3.17. The van der Waals surface area contributed by atoms with E-state index in [1.54, 1.807) is 0 Å². The van der Waals surface area contributed by atoms with Crippen molar-refractivity contribution >= 4 is 27.8 Å². The van der Waals surface area contributed by atoms with Crippen LogP contribution in [0.15, 0.2) is 22.3 Å². The van der Waals surface area contributed by atoms with Crippen LogP contribution in [-0.2, 0) is 14.3 Å². The summed E-state index contributed by atoms with van der Waals surface area (Å²) >= 11 is 3.42. The molecule has 160 valence electrons. The van der Waals surface area contributed by atoms with Gasteiger partial charge in [-0.3, -0.25) is 9.59 Å². The zero-order valence-electron chi connectivity index (χ0n) is 17.8. The van der Waals surface area contributed by atoms with Crippen molar-refractivity contribution in [3.05, 3.63) is 22.3 Å². The number of carbonyl (C=O) groups is 2. The molecule has 1 amide bonds. The third-order valence-corrected chi connectivity index (χ3v) is 5.65. The molecule has 0 spiro atoms. The van der Waals surface area contributed by atoms with Gasteiger partial charge in [-0.2, -0.15) is 0 Å². The Labute approximate surface area is 179 Å². The number of nitrogens with one attached hydrogen (secondary N) is 1. The molecule has 1 aliphatic rings. The van der Waals surface area contributed by atoms with Crippen LogP contribution < -0.4 is 5.32 Å². The SMILES string of the molecule is CCCCCCCCCCCC(=O)OC(C)N1C=CC(Br)=C(C(=O)NCC)C1. The summed E-state index contributed by atoms with van der Waals surface area (Å²) in [6, 6.07) is 0. The summed E-state index contributed by atoms with van der Waals surface area (Å²) < 4.78 is 6.32. The molecule has 1 N–H and O–H groups in total. The number of carbonyl (C=O) groups excluding carboxylic acids is 2. The molecule has 0 saturated heterocycles. The number of ether oxygens (including phenoxy) is 1. The molecule has 1 atom stereocenters. The van der Waals surface area contributed by atoms with Crippen molar-refractivity contribution in [2.24, 2.45) is 0 Å². The average molecular weight is 457 g/mol. The van der Waals surface area contributed by atoms with Crippen LogP contribution in [0.25, 0.3) is 0 Å². The second kappa shape index (κ2) is 14.7. The van der Waals surface area contributed by atoms with Crippen LogP contribution in [0, 0.1) is 0 Å². The first kappa shape index (κ1) is 24.7. The topological polar surface area (TPSA) is 58.6 Å². The lowest BCUT2D eigenvalue weighted by atomic mass is 10.1. The Kier molecular flexibility index (Phi) is 13.0. The lowest BCUT2D eigenvalue weighted by Crippen LogP contribution is -2.39. The quantitative estimate of drug-likeness (QED) is 0.280. The summed E-state index contributed by atoms with van der Waals surface area (Å²) in [5.41, 5.74) is 0.645. The van der Waals surface area contributed by atoms with Crippen LogP contribution in [0.5, 0.6) is 0 Å². The second-order valence-electron chi connectivity index (χ2n) is 7.34. The number of nitrogens with zero attached hydrogens (tertiary/aromatic N) is 1. The third-order valence-electron chi connectivity index (χ3n) is 4.91. The molecule has 1 unspecified atom stereocenters. The molecule has 0 aromatic carbocycles. The first-order chi connectivity index (χ1) is 13.5. The highest BCUT2D eigenvalue weighted by Crippen LogP contribution is 2.22. The molecule has 1 aliphatic heterocycles. The van der Waals surface area contributed by atoms with E-state index in [4.69, 9.17) is 4.74 Å². The molecule has 0 aliphatic carbocycles. The molecule has 0 fully saturated rings. The number of unbranched alkanes of at least 4 members (excludes halogenated alkanes) is 8. The van der Waals surface area contributed by atoms with E-state index < -0.39 is 6.23 Å². The lowest BCUT2D eigenvalue weighted by molar-refractivity contribution is -0.155. The Morgan fingerprint density at radius 3 is 2.32 bits per heavy atom. The third kappa shape index (κ3) is 9.76. The molecule has 0 bridgehead atoms. The average Bonchev–Trinajstić information content (AvgIpc) is 2.67. The standard InChI is InChI=1S/C22H37BrN2O3/c1-4-6-7-8-9-10-11-12-13-14-21(26)28-18(3)25-16-15-20(23)19(17-25)22(27)24-5-2/h15-16,18H,4-14,17H2,1-3H3,(H,24,27). The van der Waals surface area contributed by atoms with Crippen molar-refractivity contribution < 1.29 is 14.3 Å². The molecule has 5 nitrogen and oxygen atoms in total. The predicted octanol–water partition coefficient (Wildman–Crippen LogP) is 5.41. The van der Waals surface area contributed by atoms with E-state index >= 15 is 0 Å². The van der Waals surface area contributed by atoms with Gasteiger partial charge in [-0.25, -0.2) is 0 Å².